The van der Waals surface area contributed by atoms with Crippen molar-refractivity contribution < 1.29 is 4.74 Å². The van der Waals surface area contributed by atoms with Gasteiger partial charge in [0.2, 0.25) is 5.88 Å². The van der Waals surface area contributed by atoms with E-state index in [1.165, 1.54) is 4.70 Å². The van der Waals surface area contributed by atoms with Crippen LogP contribution in [-0.2, 0) is 6.61 Å². The van der Waals surface area contributed by atoms with Gasteiger partial charge < -0.3 is 10.5 Å². The van der Waals surface area contributed by atoms with Crippen LogP contribution in [0.1, 0.15) is 10.4 Å². The summed E-state index contributed by atoms with van der Waals surface area (Å²) in [6.45, 7) is 2.57. The molecule has 0 aliphatic rings. The Morgan fingerprint density at radius 2 is 1.87 bits per heavy atom. The second-order valence-corrected chi connectivity index (χ2v) is 6.76. The molecule has 23 heavy (non-hydrogen) atoms. The standard InChI is InChI=1S/C19H16N2OS/c1-12-19(20)18-14-7-10-17(21-15(14)8-9-16(18)23-12)22-11-13-5-3-2-4-6-13/h2-10H,11,20H2,1H3. The Balaban J connectivity index is 1.71. The smallest absolute Gasteiger partial charge is 0.214 e. The molecule has 0 unspecified atom stereocenters. The number of benzene rings is 2. The zero-order valence-corrected chi connectivity index (χ0v) is 13.6. The van der Waals surface area contributed by atoms with Gasteiger partial charge in [0.05, 0.1) is 11.2 Å². The van der Waals surface area contributed by atoms with Crippen molar-refractivity contribution in [2.45, 2.75) is 13.5 Å². The molecule has 0 spiro atoms. The van der Waals surface area contributed by atoms with Gasteiger partial charge in [-0.15, -0.1) is 11.3 Å². The third-order valence-corrected chi connectivity index (χ3v) is 5.03. The summed E-state index contributed by atoms with van der Waals surface area (Å²) in [7, 11) is 0. The van der Waals surface area contributed by atoms with E-state index in [1.54, 1.807) is 11.3 Å². The van der Waals surface area contributed by atoms with E-state index < -0.39 is 0 Å². The third kappa shape index (κ3) is 2.51. The predicted molar refractivity (Wildman–Crippen MR) is 97.0 cm³/mol. The monoisotopic (exact) mass is 320 g/mol. The van der Waals surface area contributed by atoms with Gasteiger partial charge in [-0.2, -0.15) is 0 Å². The third-order valence-electron chi connectivity index (χ3n) is 3.95. The minimum Gasteiger partial charge on any atom is -0.473 e. The number of hydrogen-bond donors (Lipinski definition) is 1. The van der Waals surface area contributed by atoms with Gasteiger partial charge in [-0.05, 0) is 30.7 Å². The van der Waals surface area contributed by atoms with Gasteiger partial charge in [0.1, 0.15) is 6.61 Å². The maximum absolute atomic E-state index is 6.23. The minimum atomic E-state index is 0.515. The number of nitrogens with zero attached hydrogens (tertiary/aromatic N) is 1. The second-order valence-electron chi connectivity index (χ2n) is 5.50. The van der Waals surface area contributed by atoms with Crippen molar-refractivity contribution in [2.75, 3.05) is 5.73 Å². The molecule has 4 heteroatoms. The lowest BCUT2D eigenvalue weighted by atomic mass is 10.1. The van der Waals surface area contributed by atoms with Crippen LogP contribution in [0.15, 0.2) is 54.6 Å². The van der Waals surface area contributed by atoms with Crippen molar-refractivity contribution in [3.63, 3.8) is 0 Å². The number of anilines is 1. The minimum absolute atomic E-state index is 0.515. The van der Waals surface area contributed by atoms with Crippen molar-refractivity contribution in [1.29, 1.82) is 0 Å². The van der Waals surface area contributed by atoms with Crippen molar-refractivity contribution in [3.05, 3.63) is 65.0 Å². The highest BCUT2D eigenvalue weighted by atomic mass is 32.1. The Labute approximate surface area is 138 Å². The lowest BCUT2D eigenvalue weighted by molar-refractivity contribution is 0.295. The van der Waals surface area contributed by atoms with Gasteiger partial charge in [-0.1, -0.05) is 30.3 Å². The zero-order chi connectivity index (χ0) is 15.8. The number of nitrogen functional groups attached to an aromatic ring is 1. The van der Waals surface area contributed by atoms with Crippen LogP contribution < -0.4 is 10.5 Å². The summed E-state index contributed by atoms with van der Waals surface area (Å²) in [6, 6.07) is 18.2. The normalized spacial score (nSPS) is 11.2. The van der Waals surface area contributed by atoms with Crippen molar-refractivity contribution in [2.24, 2.45) is 0 Å². The predicted octanol–water partition coefficient (Wildman–Crippen LogP) is 4.92. The van der Waals surface area contributed by atoms with E-state index in [2.05, 4.69) is 18.0 Å². The summed E-state index contributed by atoms with van der Waals surface area (Å²) in [4.78, 5) is 5.77. The summed E-state index contributed by atoms with van der Waals surface area (Å²) in [5, 5.41) is 2.18. The molecule has 4 rings (SSSR count). The molecule has 0 fully saturated rings. The van der Waals surface area contributed by atoms with Gasteiger partial charge >= 0.3 is 0 Å². The average Bonchev–Trinajstić information content (AvgIpc) is 2.88. The molecule has 0 amide bonds. The highest BCUT2D eigenvalue weighted by Crippen LogP contribution is 2.37. The van der Waals surface area contributed by atoms with E-state index in [-0.39, 0.29) is 0 Å². The molecular weight excluding hydrogens is 304 g/mol. The number of nitrogens with two attached hydrogens (primary N) is 1. The van der Waals surface area contributed by atoms with Gasteiger partial charge in [0.15, 0.2) is 0 Å². The molecule has 114 valence electrons. The van der Waals surface area contributed by atoms with E-state index in [9.17, 15) is 0 Å². The number of aryl methyl sites for hydroxylation is 1. The van der Waals surface area contributed by atoms with Crippen LogP contribution >= 0.6 is 11.3 Å². The Hall–Kier alpha value is -2.59. The van der Waals surface area contributed by atoms with Crippen LogP contribution in [0.4, 0.5) is 5.69 Å². The van der Waals surface area contributed by atoms with Gasteiger partial charge in [0, 0.05) is 26.4 Å². The Morgan fingerprint density at radius 3 is 2.70 bits per heavy atom. The number of pyridine rings is 1. The van der Waals surface area contributed by atoms with Crippen molar-refractivity contribution >= 4 is 38.0 Å². The summed E-state index contributed by atoms with van der Waals surface area (Å²) in [6.07, 6.45) is 0. The fraction of sp³-hybridized carbons (Fsp3) is 0.105. The quantitative estimate of drug-likeness (QED) is 0.583. The molecule has 0 aliphatic heterocycles. The molecule has 4 aromatic rings. The first-order valence-corrected chi connectivity index (χ1v) is 8.29. The number of aromatic nitrogens is 1. The lowest BCUT2D eigenvalue weighted by Gasteiger charge is -2.07. The van der Waals surface area contributed by atoms with Gasteiger partial charge in [-0.3, -0.25) is 0 Å². The second kappa shape index (κ2) is 5.56. The van der Waals surface area contributed by atoms with Crippen LogP contribution in [0.25, 0.3) is 21.0 Å². The van der Waals surface area contributed by atoms with Crippen LogP contribution in [0.2, 0.25) is 0 Å². The summed E-state index contributed by atoms with van der Waals surface area (Å²) < 4.78 is 7.01. The molecule has 0 radical (unpaired) electrons. The van der Waals surface area contributed by atoms with Crippen LogP contribution in [0, 0.1) is 6.92 Å². The Morgan fingerprint density at radius 1 is 1.04 bits per heavy atom. The first-order chi connectivity index (χ1) is 11.2. The van der Waals surface area contributed by atoms with Gasteiger partial charge in [-0.25, -0.2) is 4.98 Å². The molecular formula is C19H16N2OS. The summed E-state index contributed by atoms with van der Waals surface area (Å²) >= 11 is 1.72. The maximum Gasteiger partial charge on any atom is 0.214 e. The first kappa shape index (κ1) is 14.0. The fourth-order valence-electron chi connectivity index (χ4n) is 2.74. The highest BCUT2D eigenvalue weighted by molar-refractivity contribution is 7.19. The largest absolute Gasteiger partial charge is 0.473 e. The first-order valence-electron chi connectivity index (χ1n) is 7.47. The van der Waals surface area contributed by atoms with E-state index in [4.69, 9.17) is 10.5 Å². The van der Waals surface area contributed by atoms with E-state index in [0.29, 0.717) is 12.5 Å². The number of hydrogen-bond acceptors (Lipinski definition) is 4. The molecule has 3 nitrogen and oxygen atoms in total. The van der Waals surface area contributed by atoms with E-state index >= 15 is 0 Å². The SMILES string of the molecule is Cc1sc2ccc3nc(OCc4ccccc4)ccc3c2c1N. The molecule has 0 aliphatic carbocycles. The van der Waals surface area contributed by atoms with Gasteiger partial charge in [0.25, 0.3) is 0 Å². The van der Waals surface area contributed by atoms with Crippen LogP contribution in [0.3, 0.4) is 0 Å². The zero-order valence-electron chi connectivity index (χ0n) is 12.7. The van der Waals surface area contributed by atoms with Crippen molar-refractivity contribution in [3.8, 4) is 5.88 Å². The summed E-state index contributed by atoms with van der Waals surface area (Å²) in [5.41, 5.74) is 9.12. The topological polar surface area (TPSA) is 48.1 Å². The molecule has 2 aromatic carbocycles. The van der Waals surface area contributed by atoms with E-state index in [0.717, 1.165) is 32.4 Å². The lowest BCUT2D eigenvalue weighted by Crippen LogP contribution is -1.97. The fourth-order valence-corrected chi connectivity index (χ4v) is 3.74. The summed E-state index contributed by atoms with van der Waals surface area (Å²) in [5.74, 6) is 0.631. The average molecular weight is 320 g/mol. The van der Waals surface area contributed by atoms with Crippen LogP contribution in [-0.4, -0.2) is 4.98 Å². The molecule has 0 saturated carbocycles. The molecule has 2 N–H and O–H groups in total. The Kier molecular flexibility index (Phi) is 3.39. The number of thiophene rings is 1. The molecule has 2 aromatic heterocycles. The number of rotatable bonds is 3. The number of fused-ring (bicyclic) bond motifs is 3. The molecule has 0 atom stereocenters. The Bertz CT molecular complexity index is 993. The number of ether oxygens (including phenoxy) is 1. The van der Waals surface area contributed by atoms with Crippen molar-refractivity contribution in [1.82, 2.24) is 4.98 Å². The van der Waals surface area contributed by atoms with Crippen LogP contribution in [0.5, 0.6) is 5.88 Å². The maximum atomic E-state index is 6.23. The molecule has 0 bridgehead atoms. The molecule has 2 heterocycles. The highest BCUT2D eigenvalue weighted by Gasteiger charge is 2.11. The molecule has 0 saturated heterocycles. The van der Waals surface area contributed by atoms with E-state index in [1.807, 2.05) is 48.5 Å².